The number of Topliss-reactive ketones (excluding diaryl/α,β-unsaturated/α-hetero) is 1. The molecule has 3 saturated heterocycles. The van der Waals surface area contributed by atoms with Gasteiger partial charge in [-0.1, -0.05) is 12.1 Å². The Balaban J connectivity index is 1.25. The molecule has 4 aliphatic heterocycles. The molecule has 51 heavy (non-hydrogen) atoms. The first-order chi connectivity index (χ1) is 24.2. The van der Waals surface area contributed by atoms with E-state index in [1.165, 1.54) is 31.2 Å². The van der Waals surface area contributed by atoms with E-state index in [4.69, 9.17) is 33.2 Å². The smallest absolute Gasteiger partial charge is 0.203 e. The quantitative estimate of drug-likeness (QED) is 0.126. The second-order valence-corrected chi connectivity index (χ2v) is 12.8. The van der Waals surface area contributed by atoms with E-state index in [9.17, 15) is 61.0 Å². The summed E-state index contributed by atoms with van der Waals surface area (Å²) in [6, 6.07) is 7.50. The highest BCUT2D eigenvalue weighted by molar-refractivity contribution is 6.05. The van der Waals surface area contributed by atoms with Crippen molar-refractivity contribution in [1.82, 2.24) is 0 Å². The van der Waals surface area contributed by atoms with Crippen LogP contribution in [-0.4, -0.2) is 167 Å². The minimum Gasteiger partial charge on any atom is -0.508 e. The van der Waals surface area contributed by atoms with Crippen LogP contribution in [0.2, 0.25) is 0 Å². The van der Waals surface area contributed by atoms with Gasteiger partial charge >= 0.3 is 0 Å². The van der Waals surface area contributed by atoms with Crippen LogP contribution >= 0.6 is 0 Å². The molecule has 0 bridgehead atoms. The molecule has 0 aromatic heterocycles. The monoisotopic (exact) mass is 728 g/mol. The lowest BCUT2D eigenvalue weighted by molar-refractivity contribution is -0.372. The summed E-state index contributed by atoms with van der Waals surface area (Å²) in [7, 11) is 0. The lowest BCUT2D eigenvalue weighted by atomic mass is 9.92. The molecule has 4 heterocycles. The Hall–Kier alpha value is -3.25. The van der Waals surface area contributed by atoms with Crippen molar-refractivity contribution in [1.29, 1.82) is 0 Å². The Morgan fingerprint density at radius 2 is 1.41 bits per heavy atom. The van der Waals surface area contributed by atoms with E-state index in [0.717, 1.165) is 12.1 Å². The van der Waals surface area contributed by atoms with Gasteiger partial charge in [0.1, 0.15) is 89.6 Å². The molecule has 0 spiro atoms. The van der Waals surface area contributed by atoms with E-state index < -0.39 is 122 Å². The topological polar surface area (TPSA) is 304 Å². The Bertz CT molecular complexity index is 1520. The van der Waals surface area contributed by atoms with Crippen molar-refractivity contribution in [3.05, 3.63) is 47.5 Å². The molecule has 0 aliphatic carbocycles. The van der Waals surface area contributed by atoms with Crippen molar-refractivity contribution < 1.29 is 94.1 Å². The van der Waals surface area contributed by atoms with Crippen molar-refractivity contribution in [3.63, 3.8) is 0 Å². The molecule has 0 saturated carbocycles. The van der Waals surface area contributed by atoms with Gasteiger partial charge in [0.2, 0.25) is 5.78 Å². The minimum absolute atomic E-state index is 0.107. The summed E-state index contributed by atoms with van der Waals surface area (Å²) in [5, 5.41) is 114. The number of aliphatic hydroxyl groups excluding tert-OH is 8. The van der Waals surface area contributed by atoms with Gasteiger partial charge in [0, 0.05) is 12.1 Å². The summed E-state index contributed by atoms with van der Waals surface area (Å²) < 4.78 is 40.0. The predicted molar refractivity (Wildman–Crippen MR) is 162 cm³/mol. The molecular weight excluding hydrogens is 688 g/mol. The fourth-order valence-corrected chi connectivity index (χ4v) is 6.28. The number of hydrogen-bond donors (Lipinski definition) is 11. The van der Waals surface area contributed by atoms with Gasteiger partial charge in [-0.25, -0.2) is 0 Å². The predicted octanol–water partition coefficient (Wildman–Crippen LogP) is -3.38. The van der Waals surface area contributed by atoms with Crippen LogP contribution < -0.4 is 4.74 Å². The van der Waals surface area contributed by atoms with Crippen molar-refractivity contribution in [3.8, 4) is 23.0 Å². The number of ether oxygens (including phenoxy) is 7. The van der Waals surface area contributed by atoms with Crippen LogP contribution in [0, 0.1) is 0 Å². The molecule has 4 aliphatic rings. The molecule has 0 amide bonds. The Morgan fingerprint density at radius 1 is 0.725 bits per heavy atom. The fourth-order valence-electron chi connectivity index (χ4n) is 6.28. The number of carbonyl (C=O) groups is 1. The lowest BCUT2D eigenvalue weighted by Crippen LogP contribution is -2.65. The number of ketones is 1. The highest BCUT2D eigenvalue weighted by Gasteiger charge is 2.53. The van der Waals surface area contributed by atoms with E-state index in [0.29, 0.717) is 5.56 Å². The van der Waals surface area contributed by atoms with Gasteiger partial charge < -0.3 is 89.3 Å². The summed E-state index contributed by atoms with van der Waals surface area (Å²) in [6.07, 6.45) is -26.3. The molecule has 11 N–H and O–H groups in total. The summed E-state index contributed by atoms with van der Waals surface area (Å²) in [5.41, 5.74) is -0.0589. The van der Waals surface area contributed by atoms with E-state index in [2.05, 4.69) is 0 Å². The number of carbonyl (C=O) groups excluding carboxylic acids is 1. The third kappa shape index (κ3) is 7.36. The van der Waals surface area contributed by atoms with Gasteiger partial charge in [0.25, 0.3) is 0 Å². The zero-order valence-corrected chi connectivity index (χ0v) is 26.8. The number of rotatable bonds is 8. The van der Waals surface area contributed by atoms with Gasteiger partial charge in [0.15, 0.2) is 31.1 Å². The third-order valence-corrected chi connectivity index (χ3v) is 9.23. The largest absolute Gasteiger partial charge is 0.508 e. The number of aliphatic hydroxyl groups is 8. The summed E-state index contributed by atoms with van der Waals surface area (Å²) >= 11 is 0. The maximum Gasteiger partial charge on any atom is 0.203 e. The van der Waals surface area contributed by atoms with Gasteiger partial charge in [-0.2, -0.15) is 0 Å². The van der Waals surface area contributed by atoms with Crippen molar-refractivity contribution in [2.75, 3.05) is 13.2 Å². The van der Waals surface area contributed by atoms with Gasteiger partial charge in [-0.3, -0.25) is 4.79 Å². The summed E-state index contributed by atoms with van der Waals surface area (Å²) in [4.78, 5) is 13.9. The molecule has 3 fully saturated rings. The van der Waals surface area contributed by atoms with E-state index in [-0.39, 0.29) is 23.7 Å². The molecule has 6 rings (SSSR count). The lowest BCUT2D eigenvalue weighted by Gasteiger charge is -2.47. The van der Waals surface area contributed by atoms with Crippen LogP contribution in [0.5, 0.6) is 23.0 Å². The van der Waals surface area contributed by atoms with Gasteiger partial charge in [-0.15, -0.1) is 0 Å². The Kier molecular flexibility index (Phi) is 11.0. The van der Waals surface area contributed by atoms with Gasteiger partial charge in [0.05, 0.1) is 19.3 Å². The number of phenolic OH excluding ortho intramolecular Hbond substituents is 3. The number of phenols is 3. The normalized spacial score (nSPS) is 41.5. The number of hydrogen-bond acceptors (Lipinski definition) is 19. The van der Waals surface area contributed by atoms with E-state index in [1.807, 2.05) is 0 Å². The average molecular weight is 729 g/mol. The maximum atomic E-state index is 13.9. The van der Waals surface area contributed by atoms with Crippen molar-refractivity contribution in [2.45, 2.75) is 105 Å². The first-order valence-electron chi connectivity index (χ1n) is 16.0. The molecule has 0 radical (unpaired) electrons. The Labute approximate surface area is 288 Å². The zero-order valence-electron chi connectivity index (χ0n) is 26.8. The molecule has 2 aromatic carbocycles. The second kappa shape index (κ2) is 15.0. The SMILES string of the molecule is C[C@@H]1O[C@@H](O[C@H]2C(=O)c3c(O)cc(O)cc3O[C@@H]2c2ccc(O)cc2)[C@H](O[C@@H]2O[C@H](CO[C@@H]3OC[C@@H](O)[C@H](O)[C@H]3O)[C@@H](O)[C@H](O)[C@H]2O)[C@H](O)[C@H]1O. The third-order valence-electron chi connectivity index (χ3n) is 9.23. The number of aromatic hydroxyl groups is 3. The molecule has 16 atom stereocenters. The average Bonchev–Trinajstić information content (AvgIpc) is 3.09. The van der Waals surface area contributed by atoms with E-state index >= 15 is 0 Å². The van der Waals surface area contributed by atoms with E-state index in [1.54, 1.807) is 0 Å². The first kappa shape index (κ1) is 37.5. The summed E-state index contributed by atoms with van der Waals surface area (Å²) in [6.45, 7) is 0.388. The summed E-state index contributed by atoms with van der Waals surface area (Å²) in [5.74, 6) is -2.18. The standard InChI is InChI=1S/C32H40O19/c1-10-19(37)24(42)29(51-31-26(44)23(41)21(39)17(49-31)9-46-30-25(43)20(38)15(36)8-45-30)32(47-10)50-28-22(40)18-14(35)6-13(34)7-16(18)48-27(28)11-2-4-12(33)5-3-11/h2-7,10,15,17,19-21,23-39,41-44H,8-9H2,1H3/t10-,15+,17+,19-,20-,21+,23-,24+,25+,26+,27+,28-,29+,30-,31-,32-/m0/s1. The van der Waals surface area contributed by atoms with Crippen LogP contribution in [0.3, 0.4) is 0 Å². The maximum absolute atomic E-state index is 13.9. The van der Waals surface area contributed by atoms with Crippen LogP contribution in [-0.2, 0) is 28.4 Å². The van der Waals surface area contributed by atoms with Crippen LogP contribution in [0.1, 0.15) is 28.9 Å². The highest BCUT2D eigenvalue weighted by atomic mass is 16.8. The van der Waals surface area contributed by atoms with Crippen LogP contribution in [0.4, 0.5) is 0 Å². The minimum atomic E-state index is -1.98. The molecule has 2 aromatic rings. The molecular formula is C32H40O19. The highest BCUT2D eigenvalue weighted by Crippen LogP contribution is 2.44. The van der Waals surface area contributed by atoms with Crippen molar-refractivity contribution >= 4 is 5.78 Å². The van der Waals surface area contributed by atoms with Gasteiger partial charge in [-0.05, 0) is 24.6 Å². The molecule has 0 unspecified atom stereocenters. The molecule has 19 nitrogen and oxygen atoms in total. The number of benzene rings is 2. The molecule has 19 heteroatoms. The fraction of sp³-hybridized carbons (Fsp3) is 0.594. The van der Waals surface area contributed by atoms with Crippen LogP contribution in [0.15, 0.2) is 36.4 Å². The molecule has 282 valence electrons. The Morgan fingerprint density at radius 3 is 2.12 bits per heavy atom. The van der Waals surface area contributed by atoms with Crippen LogP contribution in [0.25, 0.3) is 0 Å². The zero-order chi connectivity index (χ0) is 36.9. The van der Waals surface area contributed by atoms with Crippen molar-refractivity contribution in [2.24, 2.45) is 0 Å². The first-order valence-corrected chi connectivity index (χ1v) is 16.0. The second-order valence-electron chi connectivity index (χ2n) is 12.8. The number of fused-ring (bicyclic) bond motifs is 1.